The molecule has 51 heavy (non-hydrogen) atoms. The van der Waals surface area contributed by atoms with Crippen molar-refractivity contribution >= 4 is 23.7 Å². The van der Waals surface area contributed by atoms with Crippen LogP contribution < -0.4 is 30.8 Å². The SMILES string of the molecule is COc1cc(C(CC(=O)NCc2cc(=O)n(C)c(=O)n2C)c2c(O)cc3c(c2O)C(=O)O[C@@H](C)CCCC(=O)CCC/C=C/3)cc(OC)c1OC. The highest BCUT2D eigenvalue weighted by atomic mass is 16.5. The lowest BCUT2D eigenvalue weighted by molar-refractivity contribution is -0.121. The van der Waals surface area contributed by atoms with Crippen LogP contribution in [-0.4, -0.2) is 64.4 Å². The van der Waals surface area contributed by atoms with E-state index in [-0.39, 0.29) is 58.4 Å². The zero-order chi connectivity index (χ0) is 37.4. The molecule has 0 fully saturated rings. The Morgan fingerprint density at radius 2 is 1.63 bits per heavy atom. The van der Waals surface area contributed by atoms with Gasteiger partial charge in [0.2, 0.25) is 11.7 Å². The molecular weight excluding hydrogens is 662 g/mol. The summed E-state index contributed by atoms with van der Waals surface area (Å²) in [7, 11) is 7.08. The Morgan fingerprint density at radius 1 is 0.961 bits per heavy atom. The van der Waals surface area contributed by atoms with Crippen molar-refractivity contribution in [2.24, 2.45) is 14.1 Å². The van der Waals surface area contributed by atoms with Crippen molar-refractivity contribution in [2.75, 3.05) is 21.3 Å². The summed E-state index contributed by atoms with van der Waals surface area (Å²) in [5.74, 6) is -2.65. The molecule has 2 heterocycles. The van der Waals surface area contributed by atoms with Gasteiger partial charge in [0.25, 0.3) is 5.56 Å². The minimum absolute atomic E-state index is 0.135. The molecule has 1 aliphatic heterocycles. The lowest BCUT2D eigenvalue weighted by Gasteiger charge is -2.24. The van der Waals surface area contributed by atoms with Crippen molar-refractivity contribution in [1.82, 2.24) is 14.5 Å². The van der Waals surface area contributed by atoms with Crippen molar-refractivity contribution in [3.63, 3.8) is 0 Å². The molecule has 0 radical (unpaired) electrons. The summed E-state index contributed by atoms with van der Waals surface area (Å²) in [5.41, 5.74) is -0.642. The van der Waals surface area contributed by atoms with Crippen molar-refractivity contribution in [3.8, 4) is 28.7 Å². The van der Waals surface area contributed by atoms with Gasteiger partial charge < -0.3 is 34.5 Å². The Labute approximate surface area is 295 Å². The highest BCUT2D eigenvalue weighted by Gasteiger charge is 2.32. The summed E-state index contributed by atoms with van der Waals surface area (Å²) in [4.78, 5) is 64.3. The first-order valence-electron chi connectivity index (χ1n) is 16.6. The standard InChI is InChI=1S/C37H45N3O11/c1-21-11-10-14-25(41)13-9-7-8-12-22-15-27(42)33(34(45)32(22)36(46)51-21)26(23-16-28(48-4)35(50-6)29(17-23)49-5)19-30(43)38-20-24-18-31(44)40(3)37(47)39(24)2/h8,12,15-18,21,26,42,45H,7,9-11,13-14,19-20H2,1-6H3,(H,38,43)/b12-8+/t21-,26?/m0/s1. The molecule has 0 saturated heterocycles. The van der Waals surface area contributed by atoms with Crippen molar-refractivity contribution < 1.29 is 43.5 Å². The van der Waals surface area contributed by atoms with Crippen molar-refractivity contribution in [1.29, 1.82) is 0 Å². The Balaban J connectivity index is 1.85. The second-order valence-corrected chi connectivity index (χ2v) is 12.4. The van der Waals surface area contributed by atoms with Gasteiger partial charge in [0.05, 0.1) is 34.0 Å². The molecule has 274 valence electrons. The molecule has 2 atom stereocenters. The molecule has 1 aliphatic rings. The predicted octanol–water partition coefficient (Wildman–Crippen LogP) is 3.84. The number of fused-ring (bicyclic) bond motifs is 1. The number of amides is 1. The van der Waals surface area contributed by atoms with Crippen molar-refractivity contribution in [2.45, 2.75) is 70.4 Å². The van der Waals surface area contributed by atoms with Gasteiger partial charge in [-0.1, -0.05) is 12.2 Å². The fourth-order valence-corrected chi connectivity index (χ4v) is 6.10. The highest BCUT2D eigenvalue weighted by Crippen LogP contribution is 2.47. The number of aromatic nitrogens is 2. The van der Waals surface area contributed by atoms with E-state index in [1.54, 1.807) is 31.2 Å². The number of phenolic OH excluding ortho intramolecular Hbond substituents is 2. The minimum Gasteiger partial charge on any atom is -0.507 e. The van der Waals surface area contributed by atoms with Crippen LogP contribution in [0.15, 0.2) is 39.9 Å². The number of carbonyl (C=O) groups excluding carboxylic acids is 3. The molecule has 14 heteroatoms. The number of hydrogen-bond donors (Lipinski definition) is 3. The maximum Gasteiger partial charge on any atom is 0.342 e. The van der Waals surface area contributed by atoms with E-state index in [9.17, 15) is 34.2 Å². The first-order valence-corrected chi connectivity index (χ1v) is 16.6. The van der Waals surface area contributed by atoms with Gasteiger partial charge in [0.15, 0.2) is 11.5 Å². The second kappa shape index (κ2) is 16.9. The van der Waals surface area contributed by atoms with Gasteiger partial charge in [-0.25, -0.2) is 9.59 Å². The number of nitrogens with zero attached hydrogens (tertiary/aromatic N) is 2. The predicted molar refractivity (Wildman–Crippen MR) is 188 cm³/mol. The van der Waals surface area contributed by atoms with Gasteiger partial charge in [0.1, 0.15) is 22.8 Å². The van der Waals surface area contributed by atoms with E-state index in [1.807, 2.05) is 0 Å². The molecule has 1 unspecified atom stereocenters. The van der Waals surface area contributed by atoms with Crippen LogP contribution >= 0.6 is 0 Å². The van der Waals surface area contributed by atoms with Crippen LogP contribution in [0, 0.1) is 0 Å². The van der Waals surface area contributed by atoms with Gasteiger partial charge >= 0.3 is 11.7 Å². The van der Waals surface area contributed by atoms with Crippen LogP contribution in [-0.2, 0) is 35.0 Å². The first-order chi connectivity index (χ1) is 24.3. The molecule has 1 aromatic heterocycles. The van der Waals surface area contributed by atoms with Gasteiger partial charge in [-0.15, -0.1) is 0 Å². The summed E-state index contributed by atoms with van der Waals surface area (Å²) in [6.45, 7) is 1.52. The van der Waals surface area contributed by atoms with E-state index in [1.165, 1.54) is 52.1 Å². The maximum absolute atomic E-state index is 13.7. The van der Waals surface area contributed by atoms with E-state index in [0.29, 0.717) is 44.1 Å². The molecule has 1 amide bonds. The number of ketones is 1. The van der Waals surface area contributed by atoms with E-state index in [4.69, 9.17) is 18.9 Å². The minimum atomic E-state index is -1.11. The highest BCUT2D eigenvalue weighted by molar-refractivity contribution is 5.98. The number of Topliss-reactive ketones (excluding diaryl/α,β-unsaturated/α-hetero) is 1. The van der Waals surface area contributed by atoms with Gasteiger partial charge in [0, 0.05) is 56.6 Å². The number of cyclic esters (lactones) is 1. The number of esters is 1. The number of benzene rings is 2. The maximum atomic E-state index is 13.7. The molecule has 0 bridgehead atoms. The molecule has 4 rings (SSSR count). The number of aromatic hydroxyl groups is 2. The number of hydrogen-bond acceptors (Lipinski definition) is 11. The van der Waals surface area contributed by atoms with E-state index < -0.39 is 46.6 Å². The smallest absolute Gasteiger partial charge is 0.342 e. The zero-order valence-corrected chi connectivity index (χ0v) is 29.7. The second-order valence-electron chi connectivity index (χ2n) is 12.4. The first kappa shape index (κ1) is 38.3. The Bertz CT molecular complexity index is 1920. The topological polar surface area (TPSA) is 185 Å². The van der Waals surface area contributed by atoms with Gasteiger partial charge in [-0.2, -0.15) is 0 Å². The molecule has 0 saturated carbocycles. The zero-order valence-electron chi connectivity index (χ0n) is 29.7. The summed E-state index contributed by atoms with van der Waals surface area (Å²) >= 11 is 0. The number of carbonyl (C=O) groups is 3. The Kier molecular flexibility index (Phi) is 12.7. The Morgan fingerprint density at radius 3 is 2.27 bits per heavy atom. The largest absolute Gasteiger partial charge is 0.507 e. The van der Waals surface area contributed by atoms with Crippen LogP contribution in [0.1, 0.15) is 90.5 Å². The van der Waals surface area contributed by atoms with Crippen LogP contribution in [0.25, 0.3) is 6.08 Å². The number of rotatable bonds is 9. The number of methoxy groups -OCH3 is 3. The fraction of sp³-hybridized carbons (Fsp3) is 0.432. The average Bonchev–Trinajstić information content (AvgIpc) is 3.09. The van der Waals surface area contributed by atoms with Crippen LogP contribution in [0.2, 0.25) is 0 Å². The average molecular weight is 708 g/mol. The van der Waals surface area contributed by atoms with Crippen LogP contribution in [0.4, 0.5) is 0 Å². The third kappa shape index (κ3) is 8.80. The van der Waals surface area contributed by atoms with Gasteiger partial charge in [-0.3, -0.25) is 23.5 Å². The monoisotopic (exact) mass is 707 g/mol. The lowest BCUT2D eigenvalue weighted by atomic mass is 9.84. The van der Waals surface area contributed by atoms with Crippen LogP contribution in [0.5, 0.6) is 28.7 Å². The van der Waals surface area contributed by atoms with Crippen molar-refractivity contribution in [3.05, 3.63) is 79.1 Å². The normalized spacial score (nSPS) is 16.6. The lowest BCUT2D eigenvalue weighted by Crippen LogP contribution is -2.39. The molecule has 3 N–H and O–H groups in total. The summed E-state index contributed by atoms with van der Waals surface area (Å²) in [6.07, 6.45) is 5.25. The number of allylic oxidation sites excluding steroid dienone is 1. The van der Waals surface area contributed by atoms with E-state index in [2.05, 4.69) is 5.32 Å². The van der Waals surface area contributed by atoms with E-state index >= 15 is 0 Å². The number of phenols is 2. The third-order valence-electron chi connectivity index (χ3n) is 8.97. The van der Waals surface area contributed by atoms with Gasteiger partial charge in [-0.05, 0) is 61.9 Å². The Hall–Kier alpha value is -5.53. The fourth-order valence-electron chi connectivity index (χ4n) is 6.10. The molecule has 2 aromatic carbocycles. The quantitative estimate of drug-likeness (QED) is 0.275. The molecule has 14 nitrogen and oxygen atoms in total. The van der Waals surface area contributed by atoms with Crippen LogP contribution in [0.3, 0.4) is 0 Å². The molecule has 0 aliphatic carbocycles. The summed E-state index contributed by atoms with van der Waals surface area (Å²) < 4.78 is 24.5. The summed E-state index contributed by atoms with van der Waals surface area (Å²) in [6, 6.07) is 5.69. The number of nitrogens with one attached hydrogen (secondary N) is 1. The molecule has 0 spiro atoms. The molecular formula is C37H45N3O11. The van der Waals surface area contributed by atoms with E-state index in [0.717, 1.165) is 4.57 Å². The summed E-state index contributed by atoms with van der Waals surface area (Å²) in [5, 5.41) is 26.2. The molecule has 3 aromatic rings. The number of ether oxygens (including phenoxy) is 4. The third-order valence-corrected chi connectivity index (χ3v) is 8.97.